The lowest BCUT2D eigenvalue weighted by Crippen LogP contribution is -2.48. The van der Waals surface area contributed by atoms with Gasteiger partial charge in [-0.1, -0.05) is 11.3 Å². The third kappa shape index (κ3) is 13.6. The second-order valence-corrected chi connectivity index (χ2v) is 18.7. The van der Waals surface area contributed by atoms with Gasteiger partial charge in [-0.05, 0) is 58.0 Å². The van der Waals surface area contributed by atoms with Crippen LogP contribution in [-0.4, -0.2) is 141 Å². The zero-order valence-electron chi connectivity index (χ0n) is 36.6. The van der Waals surface area contributed by atoms with Crippen LogP contribution in [0.25, 0.3) is 33.4 Å². The second kappa shape index (κ2) is 21.5. The van der Waals surface area contributed by atoms with Crippen LogP contribution in [0, 0.1) is 0 Å². The van der Waals surface area contributed by atoms with Crippen LogP contribution in [-0.2, 0) is 47.4 Å². The predicted molar refractivity (Wildman–Crippen MR) is 235 cm³/mol. The number of sulfonamides is 1. The predicted octanol–water partition coefficient (Wildman–Crippen LogP) is 4.69. The summed E-state index contributed by atoms with van der Waals surface area (Å²) in [5.41, 5.74) is 3.00. The normalized spacial score (nSPS) is 12.7. The maximum Gasteiger partial charge on any atom is 0.531 e. The van der Waals surface area contributed by atoms with E-state index in [0.717, 1.165) is 43.3 Å². The molecule has 0 unspecified atom stereocenters. The van der Waals surface area contributed by atoms with E-state index in [1.165, 1.54) is 30.9 Å². The average molecular weight is 925 g/mol. The molecule has 2 heterocycles. The Morgan fingerprint density at radius 1 is 0.857 bits per heavy atom. The summed E-state index contributed by atoms with van der Waals surface area (Å²) in [4.78, 5) is 1.21. The van der Waals surface area contributed by atoms with Gasteiger partial charge in [0, 0.05) is 59.5 Å². The highest BCUT2D eigenvalue weighted by Gasteiger charge is 2.34. The number of halogens is 3. The van der Waals surface area contributed by atoms with Crippen LogP contribution in [0.2, 0.25) is 0 Å². The SMILES string of the molecule is CCN(CC)c1ccc2c(-c3ccc(S(=O)(=O)NCCOCCOCCOCCn4cc(C[N+](C)(C)C[B-](F)(F)F)nn4)cc3S(=O)(=O)O)c3ccc(=[N+](CC)CC)cc-3oc2c1. The number of nitrogens with one attached hydrogen (secondary N) is 1. The summed E-state index contributed by atoms with van der Waals surface area (Å²) in [7, 11) is -6.21. The number of nitrogens with zero attached hydrogens (tertiary/aromatic N) is 6. The Balaban J connectivity index is 1.18. The van der Waals surface area contributed by atoms with Crippen molar-refractivity contribution in [2.75, 3.05) is 97.8 Å². The molecule has 1 aliphatic carbocycles. The zero-order valence-corrected chi connectivity index (χ0v) is 38.2. The molecule has 0 amide bonds. The van der Waals surface area contributed by atoms with Crippen LogP contribution in [0.15, 0.2) is 75.0 Å². The van der Waals surface area contributed by atoms with Crippen LogP contribution in [0.5, 0.6) is 0 Å². The minimum Gasteiger partial charge on any atom is -0.456 e. The number of rotatable bonds is 25. The summed E-state index contributed by atoms with van der Waals surface area (Å²) < 4.78 is 131. The molecule has 0 radical (unpaired) electrons. The van der Waals surface area contributed by atoms with Crippen molar-refractivity contribution in [1.82, 2.24) is 24.3 Å². The molecule has 0 atom stereocenters. The molecule has 0 fully saturated rings. The molecule has 2 N–H and O–H groups in total. The van der Waals surface area contributed by atoms with E-state index in [4.69, 9.17) is 18.6 Å². The molecule has 2 aromatic carbocycles. The molecule has 63 heavy (non-hydrogen) atoms. The highest BCUT2D eigenvalue weighted by atomic mass is 32.2. The summed E-state index contributed by atoms with van der Waals surface area (Å²) in [5, 5.41) is 9.40. The lowest BCUT2D eigenvalue weighted by Gasteiger charge is -2.33. The van der Waals surface area contributed by atoms with Gasteiger partial charge in [-0.25, -0.2) is 22.4 Å². The molecule has 1 aliphatic heterocycles. The number of hydrogen-bond acceptors (Lipinski definition) is 11. The zero-order chi connectivity index (χ0) is 46.0. The Bertz CT molecular complexity index is 2580. The fourth-order valence-corrected chi connectivity index (χ4v) is 9.27. The van der Waals surface area contributed by atoms with Gasteiger partial charge in [-0.2, -0.15) is 8.42 Å². The van der Waals surface area contributed by atoms with E-state index < -0.39 is 38.5 Å². The van der Waals surface area contributed by atoms with E-state index in [9.17, 15) is 34.3 Å². The van der Waals surface area contributed by atoms with Crippen molar-refractivity contribution in [3.8, 4) is 22.5 Å². The molecule has 0 saturated heterocycles. The third-order valence-electron chi connectivity index (χ3n) is 10.4. The Morgan fingerprint density at radius 2 is 1.51 bits per heavy atom. The molecular formula is C41H58BF3N7O9S2+. The van der Waals surface area contributed by atoms with E-state index in [-0.39, 0.29) is 67.7 Å². The summed E-state index contributed by atoms with van der Waals surface area (Å²) in [5.74, 6) is 0.488. The smallest absolute Gasteiger partial charge is 0.456 e. The molecule has 0 bridgehead atoms. The van der Waals surface area contributed by atoms with Crippen LogP contribution < -0.4 is 19.6 Å². The Hall–Kier alpha value is -4.42. The van der Waals surface area contributed by atoms with Crippen molar-refractivity contribution in [2.24, 2.45) is 0 Å². The van der Waals surface area contributed by atoms with E-state index in [2.05, 4.69) is 24.5 Å². The molecular weight excluding hydrogens is 866 g/mol. The first kappa shape index (κ1) is 49.6. The van der Waals surface area contributed by atoms with Gasteiger partial charge >= 0.3 is 6.98 Å². The van der Waals surface area contributed by atoms with Crippen molar-refractivity contribution in [1.29, 1.82) is 0 Å². The number of aromatic nitrogens is 3. The standard InChI is InChI=1S/C41H57BF3N7O9S2/c1-7-49(8-2)32-11-14-35-38(25-32)61-39-26-33(50(9-3)10-4)12-15-36(39)41(35)37-16-13-34(27-40(37)63(55,56)57)62(53,54)46-17-19-58-21-23-60-24-22-59-20-18-51-28-31(47-48-51)29-52(5,6)30-42(43,44)45/h11-16,25-28,46H,7-10,17-24,29-30H2,1-6H3/p+1. The monoisotopic (exact) mass is 924 g/mol. The minimum absolute atomic E-state index is 0.00812. The largest absolute Gasteiger partial charge is 0.531 e. The first-order valence-electron chi connectivity index (χ1n) is 20.9. The lowest BCUT2D eigenvalue weighted by atomic mass is 9.90. The maximum atomic E-state index is 13.4. The van der Waals surface area contributed by atoms with Gasteiger partial charge in [0.2, 0.25) is 15.4 Å². The van der Waals surface area contributed by atoms with Gasteiger partial charge < -0.3 is 41.0 Å². The molecule has 2 aliphatic rings. The summed E-state index contributed by atoms with van der Waals surface area (Å²) >= 11 is 0. The second-order valence-electron chi connectivity index (χ2n) is 15.5. The van der Waals surface area contributed by atoms with Crippen molar-refractivity contribution in [2.45, 2.75) is 50.6 Å². The topological polar surface area (TPSA) is 178 Å². The number of quaternary nitrogens is 1. The quantitative estimate of drug-likeness (QED) is 0.0207. The number of ether oxygens (including phenoxy) is 3. The molecule has 0 spiro atoms. The number of hydrogen-bond donors (Lipinski definition) is 2. The van der Waals surface area contributed by atoms with E-state index in [1.54, 1.807) is 6.20 Å². The van der Waals surface area contributed by atoms with Crippen LogP contribution in [0.1, 0.15) is 33.4 Å². The van der Waals surface area contributed by atoms with Crippen LogP contribution in [0.3, 0.4) is 0 Å². The van der Waals surface area contributed by atoms with E-state index >= 15 is 0 Å². The Morgan fingerprint density at radius 3 is 2.14 bits per heavy atom. The molecule has 16 nitrogen and oxygen atoms in total. The summed E-state index contributed by atoms with van der Waals surface area (Å²) in [6.07, 6.45) is 0.683. The molecule has 1 aromatic heterocycles. The number of anilines is 1. The number of benzene rings is 3. The fourth-order valence-electron chi connectivity index (χ4n) is 7.43. The van der Waals surface area contributed by atoms with Gasteiger partial charge in [0.1, 0.15) is 41.6 Å². The van der Waals surface area contributed by atoms with Crippen molar-refractivity contribution in [3.05, 3.63) is 71.8 Å². The first-order valence-corrected chi connectivity index (χ1v) is 23.8. The van der Waals surface area contributed by atoms with Gasteiger partial charge in [0.15, 0.2) is 0 Å². The first-order chi connectivity index (χ1) is 29.8. The third-order valence-corrected chi connectivity index (χ3v) is 12.7. The van der Waals surface area contributed by atoms with Gasteiger partial charge in [-0.15, -0.1) is 5.10 Å². The molecule has 22 heteroatoms. The van der Waals surface area contributed by atoms with Crippen LogP contribution >= 0.6 is 0 Å². The number of fused-ring (bicyclic) bond motifs is 2. The minimum atomic E-state index is -4.95. The highest BCUT2D eigenvalue weighted by Crippen LogP contribution is 2.43. The molecule has 346 valence electrons. The Labute approximate surface area is 367 Å². The summed E-state index contributed by atoms with van der Waals surface area (Å²) in [6.45, 7) is 7.76. The van der Waals surface area contributed by atoms with Crippen molar-refractivity contribution < 1.29 is 57.4 Å². The van der Waals surface area contributed by atoms with Gasteiger partial charge in [0.05, 0.1) is 83.9 Å². The Kier molecular flexibility index (Phi) is 16.9. The molecule has 3 aromatic rings. The molecule has 5 rings (SSSR count). The lowest BCUT2D eigenvalue weighted by molar-refractivity contribution is -0.895. The average Bonchev–Trinajstić information content (AvgIpc) is 3.65. The fraction of sp³-hybridized carbons (Fsp3) is 0.488. The van der Waals surface area contributed by atoms with Crippen molar-refractivity contribution in [3.63, 3.8) is 0 Å². The van der Waals surface area contributed by atoms with Gasteiger partial charge in [-0.3, -0.25) is 4.55 Å². The highest BCUT2D eigenvalue weighted by molar-refractivity contribution is 7.89. The maximum absolute atomic E-state index is 13.4. The molecule has 0 saturated carbocycles. The summed E-state index contributed by atoms with van der Waals surface area (Å²) in [6, 6.07) is 15.0. The van der Waals surface area contributed by atoms with Crippen LogP contribution in [0.4, 0.5) is 18.6 Å². The van der Waals surface area contributed by atoms with Gasteiger partial charge in [0.25, 0.3) is 10.1 Å². The van der Waals surface area contributed by atoms with E-state index in [1.807, 2.05) is 64.1 Å². The van der Waals surface area contributed by atoms with E-state index in [0.29, 0.717) is 40.1 Å². The van der Waals surface area contributed by atoms with Crippen molar-refractivity contribution >= 4 is 43.8 Å².